The molecule has 1 aromatic heterocycles. The molecule has 18 heavy (non-hydrogen) atoms. The van der Waals surface area contributed by atoms with Gasteiger partial charge in [0.2, 0.25) is 0 Å². The van der Waals surface area contributed by atoms with Gasteiger partial charge in [-0.15, -0.1) is 0 Å². The number of carbonyl (C=O) groups excluding carboxylic acids is 1. The maximum atomic E-state index is 12.1. The molecule has 0 saturated carbocycles. The van der Waals surface area contributed by atoms with Crippen molar-refractivity contribution in [3.63, 3.8) is 0 Å². The smallest absolute Gasteiger partial charge is 0.254 e. The van der Waals surface area contributed by atoms with Crippen molar-refractivity contribution in [1.82, 2.24) is 15.1 Å². The summed E-state index contributed by atoms with van der Waals surface area (Å²) < 4.78 is 1.72. The van der Waals surface area contributed by atoms with Gasteiger partial charge in [-0.1, -0.05) is 20.8 Å². The molecule has 0 aliphatic heterocycles. The van der Waals surface area contributed by atoms with E-state index in [1.54, 1.807) is 17.1 Å². The standard InChI is InChI=1S/C13H23N3O2/c1-5-16-9-10(8-14-16)12(18)15-11(6-7-17)13(2,3)4/h8-9,11,17H,5-7H2,1-4H3,(H,15,18)/t11-/m1/s1. The van der Waals surface area contributed by atoms with Crippen molar-refractivity contribution in [3.8, 4) is 0 Å². The van der Waals surface area contributed by atoms with Crippen LogP contribution in [0.15, 0.2) is 12.4 Å². The van der Waals surface area contributed by atoms with Crippen LogP contribution in [0.4, 0.5) is 0 Å². The number of hydrogen-bond acceptors (Lipinski definition) is 3. The summed E-state index contributed by atoms with van der Waals surface area (Å²) in [7, 11) is 0. The molecule has 2 N–H and O–H groups in total. The second-order valence-corrected chi connectivity index (χ2v) is 5.49. The van der Waals surface area contributed by atoms with E-state index in [-0.39, 0.29) is 24.0 Å². The SMILES string of the molecule is CCn1cc(C(=O)N[C@H](CCO)C(C)(C)C)cn1. The number of hydrogen-bond donors (Lipinski definition) is 2. The third-order valence-electron chi connectivity index (χ3n) is 2.99. The summed E-state index contributed by atoms with van der Waals surface area (Å²) in [6.45, 7) is 8.91. The van der Waals surface area contributed by atoms with Gasteiger partial charge in [0.1, 0.15) is 0 Å². The minimum atomic E-state index is -0.136. The van der Waals surface area contributed by atoms with E-state index in [0.29, 0.717) is 12.0 Å². The number of carbonyl (C=O) groups is 1. The van der Waals surface area contributed by atoms with Gasteiger partial charge >= 0.3 is 0 Å². The molecular weight excluding hydrogens is 230 g/mol. The Morgan fingerprint density at radius 3 is 2.67 bits per heavy atom. The van der Waals surface area contributed by atoms with E-state index in [2.05, 4.69) is 10.4 Å². The maximum absolute atomic E-state index is 12.1. The summed E-state index contributed by atoms with van der Waals surface area (Å²) in [6.07, 6.45) is 3.85. The van der Waals surface area contributed by atoms with Crippen LogP contribution in [0.1, 0.15) is 44.5 Å². The largest absolute Gasteiger partial charge is 0.396 e. The fraction of sp³-hybridized carbons (Fsp3) is 0.692. The van der Waals surface area contributed by atoms with Crippen LogP contribution < -0.4 is 5.32 Å². The Kier molecular flexibility index (Phi) is 4.90. The average molecular weight is 253 g/mol. The minimum absolute atomic E-state index is 0.0556. The first-order valence-electron chi connectivity index (χ1n) is 6.32. The molecule has 1 aromatic rings. The molecule has 0 radical (unpaired) electrons. The monoisotopic (exact) mass is 253 g/mol. The zero-order valence-electron chi connectivity index (χ0n) is 11.6. The Labute approximate surface area is 108 Å². The van der Waals surface area contributed by atoms with Crippen molar-refractivity contribution in [2.24, 2.45) is 5.41 Å². The molecule has 1 rings (SSSR count). The highest BCUT2D eigenvalue weighted by atomic mass is 16.3. The summed E-state index contributed by atoms with van der Waals surface area (Å²) in [4.78, 5) is 12.1. The van der Waals surface area contributed by atoms with Crippen LogP contribution in [0.5, 0.6) is 0 Å². The third-order valence-corrected chi connectivity index (χ3v) is 2.99. The van der Waals surface area contributed by atoms with Gasteiger partial charge in [-0.25, -0.2) is 0 Å². The molecule has 0 saturated heterocycles. The maximum Gasteiger partial charge on any atom is 0.254 e. The van der Waals surface area contributed by atoms with Gasteiger partial charge in [0.25, 0.3) is 5.91 Å². The van der Waals surface area contributed by atoms with Crippen molar-refractivity contribution in [1.29, 1.82) is 0 Å². The molecule has 0 aliphatic rings. The number of aliphatic hydroxyl groups is 1. The van der Waals surface area contributed by atoms with Crippen molar-refractivity contribution < 1.29 is 9.90 Å². The number of amides is 1. The van der Waals surface area contributed by atoms with Gasteiger partial charge in [-0.05, 0) is 18.8 Å². The average Bonchev–Trinajstić information content (AvgIpc) is 2.75. The third kappa shape index (κ3) is 3.84. The van der Waals surface area contributed by atoms with Gasteiger partial charge < -0.3 is 10.4 Å². The molecule has 0 aliphatic carbocycles. The van der Waals surface area contributed by atoms with E-state index in [0.717, 1.165) is 6.54 Å². The molecule has 1 atom stereocenters. The van der Waals surface area contributed by atoms with E-state index in [4.69, 9.17) is 5.11 Å². The molecule has 5 nitrogen and oxygen atoms in total. The predicted octanol–water partition coefficient (Wildman–Crippen LogP) is 1.43. The van der Waals surface area contributed by atoms with Crippen LogP contribution in [0.25, 0.3) is 0 Å². The molecule has 0 spiro atoms. The highest BCUT2D eigenvalue weighted by molar-refractivity contribution is 5.93. The number of nitrogens with zero attached hydrogens (tertiary/aromatic N) is 2. The molecule has 0 bridgehead atoms. The van der Waals surface area contributed by atoms with Crippen LogP contribution in [0.2, 0.25) is 0 Å². The Morgan fingerprint density at radius 1 is 1.56 bits per heavy atom. The fourth-order valence-electron chi connectivity index (χ4n) is 1.75. The van der Waals surface area contributed by atoms with Crippen LogP contribution in [-0.4, -0.2) is 33.4 Å². The first-order chi connectivity index (χ1) is 8.38. The van der Waals surface area contributed by atoms with Gasteiger partial charge in [-0.2, -0.15) is 5.10 Å². The zero-order chi connectivity index (χ0) is 13.8. The lowest BCUT2D eigenvalue weighted by Crippen LogP contribution is -2.44. The zero-order valence-corrected chi connectivity index (χ0v) is 11.6. The molecule has 1 amide bonds. The van der Waals surface area contributed by atoms with E-state index in [1.807, 2.05) is 27.7 Å². The first-order valence-corrected chi connectivity index (χ1v) is 6.32. The molecule has 0 fully saturated rings. The molecule has 1 heterocycles. The summed E-state index contributed by atoms with van der Waals surface area (Å²) in [6, 6.07) is -0.0556. The Balaban J connectivity index is 2.72. The van der Waals surface area contributed by atoms with Crippen molar-refractivity contribution in [2.45, 2.75) is 46.7 Å². The number of aliphatic hydroxyl groups excluding tert-OH is 1. The Morgan fingerprint density at radius 2 is 2.22 bits per heavy atom. The highest BCUT2D eigenvalue weighted by Gasteiger charge is 2.26. The first kappa shape index (κ1) is 14.7. The van der Waals surface area contributed by atoms with Gasteiger partial charge in [0.05, 0.1) is 11.8 Å². The fourth-order valence-corrected chi connectivity index (χ4v) is 1.75. The van der Waals surface area contributed by atoms with Crippen LogP contribution >= 0.6 is 0 Å². The van der Waals surface area contributed by atoms with E-state index >= 15 is 0 Å². The van der Waals surface area contributed by atoms with Crippen LogP contribution in [0, 0.1) is 5.41 Å². The Bertz CT molecular complexity index is 393. The summed E-state index contributed by atoms with van der Waals surface area (Å²) >= 11 is 0. The highest BCUT2D eigenvalue weighted by Crippen LogP contribution is 2.21. The second-order valence-electron chi connectivity index (χ2n) is 5.49. The number of rotatable bonds is 5. The van der Waals surface area contributed by atoms with Crippen molar-refractivity contribution >= 4 is 5.91 Å². The lowest BCUT2D eigenvalue weighted by atomic mass is 9.85. The van der Waals surface area contributed by atoms with Crippen molar-refractivity contribution in [3.05, 3.63) is 18.0 Å². The molecule has 5 heteroatoms. The second kappa shape index (κ2) is 6.00. The van der Waals surface area contributed by atoms with Gasteiger partial charge in [0, 0.05) is 25.4 Å². The summed E-state index contributed by atoms with van der Waals surface area (Å²) in [5.41, 5.74) is 0.475. The number of aromatic nitrogens is 2. The molecule has 0 unspecified atom stereocenters. The normalized spacial score (nSPS) is 13.4. The molecule has 0 aromatic carbocycles. The lowest BCUT2D eigenvalue weighted by Gasteiger charge is -2.30. The van der Waals surface area contributed by atoms with E-state index < -0.39 is 0 Å². The van der Waals surface area contributed by atoms with Gasteiger partial charge in [-0.3, -0.25) is 9.48 Å². The van der Waals surface area contributed by atoms with Crippen LogP contribution in [0.3, 0.4) is 0 Å². The minimum Gasteiger partial charge on any atom is -0.396 e. The van der Waals surface area contributed by atoms with E-state index in [9.17, 15) is 4.79 Å². The molecular formula is C13H23N3O2. The topological polar surface area (TPSA) is 67.2 Å². The Hall–Kier alpha value is -1.36. The summed E-state index contributed by atoms with van der Waals surface area (Å²) in [5.74, 6) is -0.136. The summed E-state index contributed by atoms with van der Waals surface area (Å²) in [5, 5.41) is 16.1. The van der Waals surface area contributed by atoms with Gasteiger partial charge in [0.15, 0.2) is 0 Å². The molecule has 102 valence electrons. The number of nitrogens with one attached hydrogen (secondary N) is 1. The quantitative estimate of drug-likeness (QED) is 0.834. The number of aryl methyl sites for hydroxylation is 1. The van der Waals surface area contributed by atoms with Crippen LogP contribution in [-0.2, 0) is 6.54 Å². The predicted molar refractivity (Wildman–Crippen MR) is 70.3 cm³/mol. The van der Waals surface area contributed by atoms with E-state index in [1.165, 1.54) is 0 Å². The lowest BCUT2D eigenvalue weighted by molar-refractivity contribution is 0.0885. The van der Waals surface area contributed by atoms with Crippen molar-refractivity contribution in [2.75, 3.05) is 6.61 Å².